The molecule has 1 atom stereocenters. The van der Waals surface area contributed by atoms with Crippen molar-refractivity contribution in [1.29, 1.82) is 0 Å². The zero-order chi connectivity index (χ0) is 21.0. The van der Waals surface area contributed by atoms with Gasteiger partial charge in [-0.1, -0.05) is 57.6 Å². The molecule has 0 aromatic rings. The van der Waals surface area contributed by atoms with Crippen LogP contribution in [0, 0.1) is 5.92 Å². The first-order valence-corrected chi connectivity index (χ1v) is 10.3. The summed E-state index contributed by atoms with van der Waals surface area (Å²) in [6.07, 6.45) is 10.3. The lowest BCUT2D eigenvalue weighted by Gasteiger charge is -2.15. The summed E-state index contributed by atoms with van der Waals surface area (Å²) in [6, 6.07) is 0. The summed E-state index contributed by atoms with van der Waals surface area (Å²) in [4.78, 5) is 34.4. The Morgan fingerprint density at radius 1 is 1.07 bits per heavy atom. The van der Waals surface area contributed by atoms with Crippen molar-refractivity contribution in [2.24, 2.45) is 5.92 Å². The number of hydrogen-bond donors (Lipinski definition) is 1. The Kier molecular flexibility index (Phi) is 10.9. The summed E-state index contributed by atoms with van der Waals surface area (Å²) in [5, 5.41) is 8.60. The second-order valence-corrected chi connectivity index (χ2v) is 7.48. The lowest BCUT2D eigenvalue weighted by Crippen LogP contribution is -2.28. The first kappa shape index (κ1) is 24.2. The van der Waals surface area contributed by atoms with E-state index in [1.807, 2.05) is 6.92 Å². The van der Waals surface area contributed by atoms with Gasteiger partial charge in [0.1, 0.15) is 0 Å². The quantitative estimate of drug-likeness (QED) is 0.361. The van der Waals surface area contributed by atoms with Crippen LogP contribution in [-0.4, -0.2) is 28.6 Å². The van der Waals surface area contributed by atoms with Crippen molar-refractivity contribution in [3.8, 4) is 0 Å². The molecule has 158 valence electrons. The number of hydrogen-bond acceptors (Lipinski definition) is 3. The average Bonchev–Trinajstić information content (AvgIpc) is 2.99. The highest BCUT2D eigenvalue weighted by Gasteiger charge is 2.36. The topological polar surface area (TPSA) is 71.4 Å². The maximum Gasteiger partial charge on any atom is 0.305 e. The van der Waals surface area contributed by atoms with E-state index in [-0.39, 0.29) is 24.5 Å². The normalized spacial score (nSPS) is 18.2. The molecule has 28 heavy (non-hydrogen) atoms. The van der Waals surface area contributed by atoms with Crippen molar-refractivity contribution in [2.45, 2.75) is 89.9 Å². The van der Waals surface area contributed by atoms with Crippen LogP contribution in [-0.2, 0) is 14.4 Å². The van der Waals surface area contributed by atoms with Gasteiger partial charge in [-0.3, -0.25) is 14.4 Å². The Morgan fingerprint density at radius 3 is 2.43 bits per heavy atom. The number of carboxylic acids is 1. The number of carbonyl (C=O) groups is 3. The Labute approximate surface area is 166 Å². The van der Waals surface area contributed by atoms with Crippen LogP contribution < -0.4 is 0 Å². The summed E-state index contributed by atoms with van der Waals surface area (Å²) in [5.41, 5.74) is 0.644. The van der Waals surface area contributed by atoms with Crippen molar-refractivity contribution in [3.63, 3.8) is 0 Å². The molecule has 0 aromatic carbocycles. The third-order valence-corrected chi connectivity index (χ3v) is 5.09. The molecule has 0 heterocycles. The van der Waals surface area contributed by atoms with Gasteiger partial charge in [0.25, 0.3) is 0 Å². The maximum atomic E-state index is 14.0. The minimum Gasteiger partial charge on any atom is -0.481 e. The molecule has 0 spiro atoms. The van der Waals surface area contributed by atoms with E-state index in [1.54, 1.807) is 6.08 Å². The second kappa shape index (κ2) is 12.6. The summed E-state index contributed by atoms with van der Waals surface area (Å²) in [7, 11) is 0. The van der Waals surface area contributed by atoms with Crippen LogP contribution in [0.4, 0.5) is 8.78 Å². The van der Waals surface area contributed by atoms with Gasteiger partial charge >= 0.3 is 11.9 Å². The minimum atomic E-state index is -3.31. The first-order chi connectivity index (χ1) is 13.3. The molecule has 0 bridgehead atoms. The van der Waals surface area contributed by atoms with Crippen LogP contribution in [0.3, 0.4) is 0 Å². The van der Waals surface area contributed by atoms with Crippen LogP contribution >= 0.6 is 0 Å². The highest BCUT2D eigenvalue weighted by molar-refractivity contribution is 5.98. The third kappa shape index (κ3) is 8.89. The van der Waals surface area contributed by atoms with Crippen molar-refractivity contribution < 1.29 is 28.3 Å². The number of unbranched alkanes of at least 4 members (excludes halogenated alkanes) is 6. The molecule has 1 aliphatic carbocycles. The fourth-order valence-corrected chi connectivity index (χ4v) is 3.35. The van der Waals surface area contributed by atoms with E-state index in [2.05, 4.69) is 0 Å². The number of halogens is 2. The van der Waals surface area contributed by atoms with Crippen molar-refractivity contribution in [2.75, 3.05) is 0 Å². The van der Waals surface area contributed by atoms with Gasteiger partial charge in [-0.05, 0) is 30.9 Å². The fourth-order valence-electron chi connectivity index (χ4n) is 3.35. The molecule has 1 rings (SSSR count). The molecular formula is C22H32F2O4. The number of carbonyl (C=O) groups excluding carboxylic acids is 2. The van der Waals surface area contributed by atoms with Crippen molar-refractivity contribution in [3.05, 3.63) is 23.8 Å². The molecule has 1 unspecified atom stereocenters. The molecule has 6 heteroatoms. The molecule has 0 aromatic heterocycles. The first-order valence-electron chi connectivity index (χ1n) is 10.3. The largest absolute Gasteiger partial charge is 0.481 e. The van der Waals surface area contributed by atoms with Gasteiger partial charge in [0, 0.05) is 25.2 Å². The predicted octanol–water partition coefficient (Wildman–Crippen LogP) is 5.66. The number of allylic oxidation sites excluding steroid dienone is 4. The van der Waals surface area contributed by atoms with E-state index in [9.17, 15) is 23.2 Å². The van der Waals surface area contributed by atoms with Crippen LogP contribution in [0.25, 0.3) is 0 Å². The highest BCUT2D eigenvalue weighted by atomic mass is 19.3. The van der Waals surface area contributed by atoms with Crippen LogP contribution in [0.1, 0.15) is 84.0 Å². The number of carboxylic acid groups (broad SMARTS) is 1. The molecule has 1 aliphatic rings. The van der Waals surface area contributed by atoms with E-state index in [0.29, 0.717) is 31.3 Å². The molecular weight excluding hydrogens is 366 g/mol. The van der Waals surface area contributed by atoms with Crippen LogP contribution in [0.15, 0.2) is 23.8 Å². The van der Waals surface area contributed by atoms with Crippen LogP contribution in [0.5, 0.6) is 0 Å². The van der Waals surface area contributed by atoms with E-state index in [1.165, 1.54) is 12.2 Å². The summed E-state index contributed by atoms with van der Waals surface area (Å²) in [6.45, 7) is 2.00. The molecule has 0 fully saturated rings. The number of aliphatic carboxylic acids is 1. The van der Waals surface area contributed by atoms with Crippen LogP contribution in [0.2, 0.25) is 0 Å². The molecule has 0 saturated carbocycles. The highest BCUT2D eigenvalue weighted by Crippen LogP contribution is 2.29. The van der Waals surface area contributed by atoms with Gasteiger partial charge in [-0.15, -0.1) is 0 Å². The van der Waals surface area contributed by atoms with E-state index < -0.39 is 24.1 Å². The van der Waals surface area contributed by atoms with Crippen molar-refractivity contribution in [1.82, 2.24) is 0 Å². The van der Waals surface area contributed by atoms with Gasteiger partial charge in [-0.2, -0.15) is 8.78 Å². The van der Waals surface area contributed by atoms with Gasteiger partial charge in [0.05, 0.1) is 0 Å². The number of Topliss-reactive ketones (excluding diaryl/α,β-unsaturated/α-hetero) is 1. The molecule has 0 aliphatic heterocycles. The smallest absolute Gasteiger partial charge is 0.305 e. The SMILES string of the molecule is CCCCCCC(F)(F)C(=O)C/C=C1/C=CC(=O)C1CCCCCCC(=O)O. The summed E-state index contributed by atoms with van der Waals surface area (Å²) < 4.78 is 27.9. The Morgan fingerprint density at radius 2 is 1.75 bits per heavy atom. The minimum absolute atomic E-state index is 0.0597. The molecule has 0 radical (unpaired) electrons. The zero-order valence-electron chi connectivity index (χ0n) is 16.7. The number of rotatable bonds is 15. The predicted molar refractivity (Wildman–Crippen MR) is 104 cm³/mol. The standard InChI is InChI=1S/C22H32F2O4/c1-2-3-4-9-16-22(23,24)20(26)15-13-17-12-14-19(25)18(17)10-7-5-6-8-11-21(27)28/h12-14,18H,2-11,15-16H2,1H3,(H,27,28)/b17-13-. The van der Waals surface area contributed by atoms with E-state index in [0.717, 1.165) is 32.1 Å². The van der Waals surface area contributed by atoms with E-state index in [4.69, 9.17) is 5.11 Å². The summed E-state index contributed by atoms with van der Waals surface area (Å²) >= 11 is 0. The maximum absolute atomic E-state index is 14.0. The van der Waals surface area contributed by atoms with Gasteiger partial charge in [-0.25, -0.2) is 0 Å². The zero-order valence-corrected chi connectivity index (χ0v) is 16.7. The van der Waals surface area contributed by atoms with E-state index >= 15 is 0 Å². The third-order valence-electron chi connectivity index (χ3n) is 5.09. The Bertz CT molecular complexity index is 593. The van der Waals surface area contributed by atoms with Gasteiger partial charge in [0.2, 0.25) is 5.78 Å². The average molecular weight is 398 g/mol. The van der Waals surface area contributed by atoms with Gasteiger partial charge < -0.3 is 5.11 Å². The molecule has 0 amide bonds. The molecule has 1 N–H and O–H groups in total. The Balaban J connectivity index is 2.45. The second-order valence-electron chi connectivity index (χ2n) is 7.48. The lowest BCUT2D eigenvalue weighted by molar-refractivity contribution is -0.143. The fraction of sp³-hybridized carbons (Fsp3) is 0.682. The lowest BCUT2D eigenvalue weighted by atomic mass is 9.92. The molecule has 4 nitrogen and oxygen atoms in total. The monoisotopic (exact) mass is 398 g/mol. The number of alkyl halides is 2. The Hall–Kier alpha value is -1.85. The van der Waals surface area contributed by atoms with Crippen molar-refractivity contribution >= 4 is 17.5 Å². The molecule has 0 saturated heterocycles. The summed E-state index contributed by atoms with van der Waals surface area (Å²) in [5.74, 6) is -5.64. The van der Waals surface area contributed by atoms with Gasteiger partial charge in [0.15, 0.2) is 5.78 Å². The number of ketones is 2.